The van der Waals surface area contributed by atoms with Crippen LogP contribution in [0, 0.1) is 0 Å². The first-order valence-corrected chi connectivity index (χ1v) is 9.53. The summed E-state index contributed by atoms with van der Waals surface area (Å²) in [5, 5.41) is 9.42. The largest absolute Gasteiger partial charge is 0.433 e. The number of alkyl halides is 2. The van der Waals surface area contributed by atoms with Gasteiger partial charge >= 0.3 is 6.61 Å². The first kappa shape index (κ1) is 19.5. The van der Waals surface area contributed by atoms with Crippen molar-refractivity contribution in [3.05, 3.63) is 42.0 Å². The highest BCUT2D eigenvalue weighted by molar-refractivity contribution is 7.80. The first-order chi connectivity index (χ1) is 13.0. The predicted octanol–water partition coefficient (Wildman–Crippen LogP) is 4.96. The van der Waals surface area contributed by atoms with Gasteiger partial charge in [-0.15, -0.1) is 0 Å². The quantitative estimate of drug-likeness (QED) is 0.430. The number of nitrogens with zero attached hydrogens (tertiary/aromatic N) is 1. The Balaban J connectivity index is 1.78. The molecule has 0 aromatic heterocycles. The number of nitrogens with one attached hydrogen (secondary N) is 2. The molecule has 0 amide bonds. The van der Waals surface area contributed by atoms with E-state index in [1.165, 1.54) is 19.3 Å². The molecule has 0 saturated heterocycles. The van der Waals surface area contributed by atoms with Crippen LogP contribution in [-0.4, -0.2) is 23.5 Å². The van der Waals surface area contributed by atoms with Crippen LogP contribution in [0.15, 0.2) is 41.5 Å². The van der Waals surface area contributed by atoms with E-state index in [9.17, 15) is 8.78 Å². The maximum Gasteiger partial charge on any atom is 0.387 e. The van der Waals surface area contributed by atoms with Crippen LogP contribution in [0.4, 0.5) is 8.78 Å². The number of hydrogen-bond acceptors (Lipinski definition) is 3. The summed E-state index contributed by atoms with van der Waals surface area (Å²) in [6, 6.07) is 11.2. The molecule has 1 aliphatic carbocycles. The summed E-state index contributed by atoms with van der Waals surface area (Å²) in [6.45, 7) is -1.18. The van der Waals surface area contributed by atoms with Crippen LogP contribution >= 0.6 is 12.2 Å². The van der Waals surface area contributed by atoms with E-state index in [-0.39, 0.29) is 5.75 Å². The zero-order chi connectivity index (χ0) is 19.2. The number of ether oxygens (including phenoxy) is 1. The first-order valence-electron chi connectivity index (χ1n) is 9.12. The smallest absolute Gasteiger partial charge is 0.387 e. The Hall–Kier alpha value is -2.28. The summed E-state index contributed by atoms with van der Waals surface area (Å²) in [4.78, 5) is 0. The fourth-order valence-electron chi connectivity index (χ4n) is 3.40. The van der Waals surface area contributed by atoms with Gasteiger partial charge in [-0.3, -0.25) is 5.43 Å². The van der Waals surface area contributed by atoms with Gasteiger partial charge in [0, 0.05) is 17.0 Å². The Morgan fingerprint density at radius 1 is 1.15 bits per heavy atom. The number of benzene rings is 2. The molecular weight excluding hydrogens is 368 g/mol. The van der Waals surface area contributed by atoms with Crippen LogP contribution in [0.5, 0.6) is 5.75 Å². The fourth-order valence-corrected chi connectivity index (χ4v) is 3.62. The van der Waals surface area contributed by atoms with Crippen molar-refractivity contribution >= 4 is 33.8 Å². The molecule has 2 N–H and O–H groups in total. The summed E-state index contributed by atoms with van der Waals surface area (Å²) >= 11 is 5.30. The number of hydrazone groups is 1. The number of halogens is 2. The Morgan fingerprint density at radius 2 is 1.89 bits per heavy atom. The average Bonchev–Trinajstić information content (AvgIpc) is 2.67. The molecule has 0 spiro atoms. The lowest BCUT2D eigenvalue weighted by atomic mass is 9.96. The number of fused-ring (bicyclic) bond motifs is 1. The second-order valence-corrected chi connectivity index (χ2v) is 7.07. The van der Waals surface area contributed by atoms with Crippen LogP contribution in [0.3, 0.4) is 0 Å². The van der Waals surface area contributed by atoms with E-state index < -0.39 is 6.61 Å². The molecule has 27 heavy (non-hydrogen) atoms. The predicted molar refractivity (Wildman–Crippen MR) is 109 cm³/mol. The molecule has 4 nitrogen and oxygen atoms in total. The lowest BCUT2D eigenvalue weighted by Crippen LogP contribution is -2.41. The molecule has 1 aliphatic rings. The third kappa shape index (κ3) is 5.13. The molecule has 0 bridgehead atoms. The van der Waals surface area contributed by atoms with Crippen LogP contribution in [0.2, 0.25) is 0 Å². The Morgan fingerprint density at radius 3 is 2.63 bits per heavy atom. The molecule has 1 saturated carbocycles. The van der Waals surface area contributed by atoms with Gasteiger partial charge in [0.15, 0.2) is 5.11 Å². The molecule has 0 aliphatic heterocycles. The maximum absolute atomic E-state index is 13.0. The zero-order valence-corrected chi connectivity index (χ0v) is 16.0. The maximum atomic E-state index is 13.0. The minimum absolute atomic E-state index is 0.123. The summed E-state index contributed by atoms with van der Waals surface area (Å²) < 4.78 is 30.7. The topological polar surface area (TPSA) is 45.7 Å². The van der Waals surface area contributed by atoms with Gasteiger partial charge in [0.05, 0.1) is 5.71 Å². The Kier molecular flexibility index (Phi) is 6.55. The van der Waals surface area contributed by atoms with Gasteiger partial charge < -0.3 is 10.1 Å². The van der Waals surface area contributed by atoms with Crippen molar-refractivity contribution in [2.24, 2.45) is 5.10 Å². The average molecular weight is 391 g/mol. The van der Waals surface area contributed by atoms with E-state index in [1.807, 2.05) is 18.2 Å². The van der Waals surface area contributed by atoms with Crippen molar-refractivity contribution in [3.8, 4) is 5.75 Å². The SMILES string of the molecule is C/C(=N/NC(=S)NC1CCCCC1)c1ccc2ccccc2c1OC(F)F. The molecule has 0 atom stereocenters. The highest BCUT2D eigenvalue weighted by atomic mass is 32.1. The van der Waals surface area contributed by atoms with Crippen LogP contribution in [0.1, 0.15) is 44.6 Å². The van der Waals surface area contributed by atoms with Gasteiger partial charge in [-0.25, -0.2) is 0 Å². The molecule has 0 radical (unpaired) electrons. The van der Waals surface area contributed by atoms with Gasteiger partial charge in [-0.05, 0) is 43.4 Å². The van der Waals surface area contributed by atoms with E-state index in [0.29, 0.717) is 27.8 Å². The molecule has 0 unspecified atom stereocenters. The van der Waals surface area contributed by atoms with Crippen molar-refractivity contribution in [3.63, 3.8) is 0 Å². The standard InChI is InChI=1S/C20H23F2N3OS/c1-13(24-25-20(27)23-15-8-3-2-4-9-15)16-12-11-14-7-5-6-10-17(14)18(16)26-19(21)22/h5-7,10-12,15,19H,2-4,8-9H2,1H3,(H2,23,25,27)/b24-13-. The minimum Gasteiger partial charge on any atom is -0.433 e. The van der Waals surface area contributed by atoms with Crippen molar-refractivity contribution in [2.75, 3.05) is 0 Å². The van der Waals surface area contributed by atoms with Gasteiger partial charge in [0.2, 0.25) is 0 Å². The second-order valence-electron chi connectivity index (χ2n) is 6.66. The lowest BCUT2D eigenvalue weighted by Gasteiger charge is -2.23. The van der Waals surface area contributed by atoms with E-state index in [2.05, 4.69) is 15.8 Å². The monoisotopic (exact) mass is 391 g/mol. The number of thiocarbonyl (C=S) groups is 1. The van der Waals surface area contributed by atoms with Crippen molar-refractivity contribution in [1.29, 1.82) is 0 Å². The van der Waals surface area contributed by atoms with Crippen molar-refractivity contribution in [1.82, 2.24) is 10.7 Å². The molecule has 0 heterocycles. The fraction of sp³-hybridized carbons (Fsp3) is 0.400. The molecule has 3 rings (SSSR count). The molecule has 2 aromatic carbocycles. The normalized spacial score (nSPS) is 15.8. The van der Waals surface area contributed by atoms with Crippen molar-refractivity contribution < 1.29 is 13.5 Å². The molecule has 7 heteroatoms. The number of rotatable bonds is 5. The Bertz CT molecular complexity index is 835. The minimum atomic E-state index is -2.91. The van der Waals surface area contributed by atoms with Crippen LogP contribution in [-0.2, 0) is 0 Å². The van der Waals surface area contributed by atoms with Gasteiger partial charge in [-0.2, -0.15) is 13.9 Å². The Labute approximate surface area is 163 Å². The van der Waals surface area contributed by atoms with Crippen LogP contribution < -0.4 is 15.5 Å². The summed E-state index contributed by atoms with van der Waals surface area (Å²) in [5.74, 6) is 0.123. The summed E-state index contributed by atoms with van der Waals surface area (Å²) in [7, 11) is 0. The van der Waals surface area contributed by atoms with E-state index in [0.717, 1.165) is 18.2 Å². The zero-order valence-electron chi connectivity index (χ0n) is 15.2. The van der Waals surface area contributed by atoms with E-state index >= 15 is 0 Å². The van der Waals surface area contributed by atoms with Crippen molar-refractivity contribution in [2.45, 2.75) is 51.7 Å². The second kappa shape index (κ2) is 9.08. The van der Waals surface area contributed by atoms with Gasteiger partial charge in [-0.1, -0.05) is 49.6 Å². The van der Waals surface area contributed by atoms with Gasteiger partial charge in [0.1, 0.15) is 5.75 Å². The summed E-state index contributed by atoms with van der Waals surface area (Å²) in [5.41, 5.74) is 3.84. The lowest BCUT2D eigenvalue weighted by molar-refractivity contribution is -0.0489. The molecule has 144 valence electrons. The highest BCUT2D eigenvalue weighted by Gasteiger charge is 2.16. The summed E-state index contributed by atoms with van der Waals surface area (Å²) in [6.07, 6.45) is 5.87. The molecule has 2 aromatic rings. The van der Waals surface area contributed by atoms with Crippen LogP contribution in [0.25, 0.3) is 10.8 Å². The third-order valence-corrected chi connectivity index (χ3v) is 4.95. The number of hydrogen-bond donors (Lipinski definition) is 2. The van der Waals surface area contributed by atoms with E-state index in [4.69, 9.17) is 17.0 Å². The highest BCUT2D eigenvalue weighted by Crippen LogP contribution is 2.31. The molecular formula is C20H23F2N3OS. The van der Waals surface area contributed by atoms with E-state index in [1.54, 1.807) is 25.1 Å². The van der Waals surface area contributed by atoms with Gasteiger partial charge in [0.25, 0.3) is 0 Å². The third-order valence-electron chi connectivity index (χ3n) is 4.74. The molecule has 1 fully saturated rings.